The zero-order chi connectivity index (χ0) is 16.4. The second-order valence-electron chi connectivity index (χ2n) is 4.85. The lowest BCUT2D eigenvalue weighted by atomic mass is 10.3. The van der Waals surface area contributed by atoms with E-state index >= 15 is 0 Å². The molecule has 0 bridgehead atoms. The number of rotatable bonds is 6. The van der Waals surface area contributed by atoms with Gasteiger partial charge in [0.25, 0.3) is 0 Å². The number of anilines is 1. The molecule has 0 saturated carbocycles. The number of halogens is 1. The molecule has 0 aliphatic carbocycles. The lowest BCUT2D eigenvalue weighted by molar-refractivity contribution is -0.119. The standard InChI is InChI=1S/C14H15FN5O2P/c1-2-20-9-6-4-3-5-8(9)17-14(20)11-13(19-22-18-11)16-7-10(21)12(15)23/h3-6,12H,2,7,23H2,1H3,(H,16,19). The molecule has 9 heteroatoms. The number of benzene rings is 1. The summed E-state index contributed by atoms with van der Waals surface area (Å²) >= 11 is 0. The summed E-state index contributed by atoms with van der Waals surface area (Å²) in [4.78, 5) is 15.9. The fraction of sp³-hybridized carbons (Fsp3) is 0.286. The zero-order valence-corrected chi connectivity index (χ0v) is 13.5. The number of nitrogens with one attached hydrogen (secondary N) is 1. The number of imidazole rings is 1. The number of hydrogen-bond donors (Lipinski definition) is 1. The number of nitrogens with zero attached hydrogens (tertiary/aromatic N) is 4. The van der Waals surface area contributed by atoms with Gasteiger partial charge in [-0.2, -0.15) is 0 Å². The van der Waals surface area contributed by atoms with Crippen molar-refractivity contribution in [2.24, 2.45) is 0 Å². The molecule has 7 nitrogen and oxygen atoms in total. The second kappa shape index (κ2) is 6.42. The Morgan fingerprint density at radius 1 is 1.43 bits per heavy atom. The number of aromatic nitrogens is 4. The Kier molecular flexibility index (Phi) is 4.34. The highest BCUT2D eigenvalue weighted by Crippen LogP contribution is 2.27. The van der Waals surface area contributed by atoms with Crippen molar-refractivity contribution in [3.63, 3.8) is 0 Å². The molecule has 2 unspecified atom stereocenters. The largest absolute Gasteiger partial charge is 0.358 e. The van der Waals surface area contributed by atoms with Gasteiger partial charge in [-0.3, -0.25) is 4.79 Å². The molecule has 2 aromatic heterocycles. The van der Waals surface area contributed by atoms with Crippen molar-refractivity contribution in [3.8, 4) is 11.5 Å². The van der Waals surface area contributed by atoms with Crippen molar-refractivity contribution < 1.29 is 13.8 Å². The quantitative estimate of drug-likeness (QED) is 0.696. The van der Waals surface area contributed by atoms with Crippen LogP contribution in [0.15, 0.2) is 28.9 Å². The summed E-state index contributed by atoms with van der Waals surface area (Å²) < 4.78 is 19.6. The van der Waals surface area contributed by atoms with Crippen LogP contribution in [0.3, 0.4) is 0 Å². The predicted octanol–water partition coefficient (Wildman–Crippen LogP) is 2.26. The van der Waals surface area contributed by atoms with E-state index in [9.17, 15) is 9.18 Å². The van der Waals surface area contributed by atoms with Gasteiger partial charge in [0.05, 0.1) is 17.6 Å². The minimum Gasteiger partial charge on any atom is -0.358 e. The van der Waals surface area contributed by atoms with Crippen LogP contribution in [0.4, 0.5) is 10.2 Å². The third-order valence-electron chi connectivity index (χ3n) is 3.41. The highest BCUT2D eigenvalue weighted by atomic mass is 31.0. The molecule has 2 atom stereocenters. The molecule has 0 aliphatic heterocycles. The maximum absolute atomic E-state index is 12.9. The summed E-state index contributed by atoms with van der Waals surface area (Å²) in [5.74, 6) is -1.39. The monoisotopic (exact) mass is 335 g/mol. The van der Waals surface area contributed by atoms with Crippen LogP contribution in [0.25, 0.3) is 22.6 Å². The Morgan fingerprint density at radius 3 is 2.96 bits per heavy atom. The van der Waals surface area contributed by atoms with Gasteiger partial charge < -0.3 is 9.88 Å². The first-order valence-electron chi connectivity index (χ1n) is 7.06. The molecule has 23 heavy (non-hydrogen) atoms. The highest BCUT2D eigenvalue weighted by Gasteiger charge is 2.21. The average molecular weight is 335 g/mol. The van der Waals surface area contributed by atoms with Crippen LogP contribution >= 0.6 is 9.24 Å². The molecular formula is C14H15FN5O2P. The van der Waals surface area contributed by atoms with Crippen LogP contribution in [-0.2, 0) is 11.3 Å². The molecule has 120 valence electrons. The molecule has 2 heterocycles. The first-order valence-corrected chi connectivity index (χ1v) is 7.73. The van der Waals surface area contributed by atoms with Crippen molar-refractivity contribution in [1.82, 2.24) is 19.9 Å². The molecule has 1 aromatic carbocycles. The lowest BCUT2D eigenvalue weighted by Crippen LogP contribution is -2.20. The third kappa shape index (κ3) is 2.94. The number of carbonyl (C=O) groups is 1. The molecule has 0 saturated heterocycles. The van der Waals surface area contributed by atoms with Gasteiger partial charge in [-0.1, -0.05) is 21.4 Å². The van der Waals surface area contributed by atoms with Crippen molar-refractivity contribution in [2.45, 2.75) is 19.4 Å². The van der Waals surface area contributed by atoms with E-state index in [1.807, 2.05) is 45.0 Å². The molecule has 0 aliphatic rings. The first-order chi connectivity index (χ1) is 11.1. The van der Waals surface area contributed by atoms with Gasteiger partial charge in [0.1, 0.15) is 0 Å². The Labute approximate surface area is 133 Å². The molecule has 0 fully saturated rings. The first kappa shape index (κ1) is 15.6. The fourth-order valence-corrected chi connectivity index (χ4v) is 2.41. The number of aryl methyl sites for hydroxylation is 1. The molecule has 1 N–H and O–H groups in total. The van der Waals surface area contributed by atoms with Crippen LogP contribution in [0.2, 0.25) is 0 Å². The van der Waals surface area contributed by atoms with E-state index < -0.39 is 11.7 Å². The summed E-state index contributed by atoms with van der Waals surface area (Å²) in [5.41, 5.74) is 2.17. The molecule has 0 spiro atoms. The summed E-state index contributed by atoms with van der Waals surface area (Å²) in [5, 5.41) is 10.4. The van der Waals surface area contributed by atoms with Gasteiger partial charge in [-0.05, 0) is 29.4 Å². The van der Waals surface area contributed by atoms with Crippen molar-refractivity contribution in [1.29, 1.82) is 0 Å². The van der Waals surface area contributed by atoms with Crippen LogP contribution in [0.1, 0.15) is 6.92 Å². The summed E-state index contributed by atoms with van der Waals surface area (Å²) in [7, 11) is 1.81. The molecule has 0 amide bonds. The summed E-state index contributed by atoms with van der Waals surface area (Å²) in [6.07, 6.45) is 0. The van der Waals surface area contributed by atoms with Crippen LogP contribution in [-0.4, -0.2) is 38.1 Å². The van der Waals surface area contributed by atoms with E-state index in [0.717, 1.165) is 11.0 Å². The number of Topliss-reactive ketones (excluding diaryl/α,β-unsaturated/α-hetero) is 1. The van der Waals surface area contributed by atoms with Crippen molar-refractivity contribution in [2.75, 3.05) is 11.9 Å². The Morgan fingerprint density at radius 2 is 2.22 bits per heavy atom. The second-order valence-corrected chi connectivity index (χ2v) is 5.44. The van der Waals surface area contributed by atoms with Gasteiger partial charge in [-0.25, -0.2) is 14.0 Å². The predicted molar refractivity (Wildman–Crippen MR) is 86.8 cm³/mol. The number of fused-ring (bicyclic) bond motifs is 1. The number of hydrogen-bond acceptors (Lipinski definition) is 6. The smallest absolute Gasteiger partial charge is 0.202 e. The fourth-order valence-electron chi connectivity index (χ4n) is 2.30. The van der Waals surface area contributed by atoms with E-state index in [4.69, 9.17) is 4.63 Å². The maximum Gasteiger partial charge on any atom is 0.202 e. The lowest BCUT2D eigenvalue weighted by Gasteiger charge is -2.06. The van der Waals surface area contributed by atoms with Crippen molar-refractivity contribution in [3.05, 3.63) is 24.3 Å². The van der Waals surface area contributed by atoms with E-state index in [1.54, 1.807) is 0 Å². The van der Waals surface area contributed by atoms with Crippen LogP contribution in [0, 0.1) is 0 Å². The van der Waals surface area contributed by atoms with Crippen molar-refractivity contribution >= 4 is 31.9 Å². The number of para-hydroxylation sites is 2. The van der Waals surface area contributed by atoms with E-state index in [1.165, 1.54) is 0 Å². The molecule has 0 radical (unpaired) electrons. The molecule has 3 aromatic rings. The Balaban J connectivity index is 1.97. The van der Waals surface area contributed by atoms with Crippen LogP contribution < -0.4 is 5.32 Å². The number of ketones is 1. The van der Waals surface area contributed by atoms with Gasteiger partial charge in [0.2, 0.25) is 5.82 Å². The third-order valence-corrected chi connectivity index (χ3v) is 3.78. The maximum atomic E-state index is 12.9. The SMILES string of the molecule is CCn1c(-c2nonc2NCC(=O)C(F)P)nc2ccccc21. The Bertz CT molecular complexity index is 845. The zero-order valence-electron chi connectivity index (χ0n) is 12.4. The number of alkyl halides is 1. The van der Waals surface area contributed by atoms with Crippen LogP contribution in [0.5, 0.6) is 0 Å². The minimum atomic E-state index is -1.62. The normalized spacial score (nSPS) is 12.5. The molecule has 3 rings (SSSR count). The molecular weight excluding hydrogens is 320 g/mol. The van der Waals surface area contributed by atoms with Gasteiger partial charge in [0.15, 0.2) is 23.2 Å². The minimum absolute atomic E-state index is 0.210. The van der Waals surface area contributed by atoms with E-state index in [2.05, 4.69) is 20.6 Å². The van der Waals surface area contributed by atoms with Gasteiger partial charge in [-0.15, -0.1) is 0 Å². The Hall–Kier alpha value is -2.34. The summed E-state index contributed by atoms with van der Waals surface area (Å²) in [6.45, 7) is 2.46. The van der Waals surface area contributed by atoms with E-state index in [0.29, 0.717) is 18.1 Å². The van der Waals surface area contributed by atoms with E-state index in [-0.39, 0.29) is 12.4 Å². The number of carbonyl (C=O) groups excluding carboxylic acids is 1. The van der Waals surface area contributed by atoms with Gasteiger partial charge in [0, 0.05) is 6.54 Å². The topological polar surface area (TPSA) is 85.8 Å². The summed E-state index contributed by atoms with van der Waals surface area (Å²) in [6, 6.07) is 7.69. The average Bonchev–Trinajstić information content (AvgIpc) is 3.15. The van der Waals surface area contributed by atoms with Gasteiger partial charge >= 0.3 is 0 Å². The highest BCUT2D eigenvalue weighted by molar-refractivity contribution is 7.19.